The third kappa shape index (κ3) is 7.76. The van der Waals surface area contributed by atoms with Crippen molar-refractivity contribution in [3.05, 3.63) is 65.2 Å². The molecule has 0 spiro atoms. The van der Waals surface area contributed by atoms with Crippen LogP contribution >= 0.6 is 11.6 Å². The summed E-state index contributed by atoms with van der Waals surface area (Å²) in [6.45, 7) is 9.74. The van der Waals surface area contributed by atoms with Gasteiger partial charge in [0.25, 0.3) is 5.91 Å². The third-order valence-corrected chi connectivity index (χ3v) is 6.29. The quantitative estimate of drug-likeness (QED) is 0.518. The lowest BCUT2D eigenvalue weighted by Crippen LogP contribution is -2.50. The van der Waals surface area contributed by atoms with Gasteiger partial charge in [-0.1, -0.05) is 43.6 Å². The van der Waals surface area contributed by atoms with Gasteiger partial charge in [-0.15, -0.1) is 0 Å². The van der Waals surface area contributed by atoms with Crippen molar-refractivity contribution in [3.8, 4) is 0 Å². The summed E-state index contributed by atoms with van der Waals surface area (Å²) in [6, 6.07) is 16.6. The Morgan fingerprint density at radius 1 is 0.939 bits per heavy atom. The van der Waals surface area contributed by atoms with E-state index in [0.717, 1.165) is 45.6 Å². The van der Waals surface area contributed by atoms with Crippen molar-refractivity contribution in [2.45, 2.75) is 32.7 Å². The van der Waals surface area contributed by atoms with Crippen molar-refractivity contribution in [1.82, 2.24) is 15.5 Å². The van der Waals surface area contributed by atoms with Crippen molar-refractivity contribution in [3.63, 3.8) is 0 Å². The van der Waals surface area contributed by atoms with Crippen LogP contribution in [0.25, 0.3) is 0 Å². The highest BCUT2D eigenvalue weighted by Gasteiger charge is 2.24. The van der Waals surface area contributed by atoms with E-state index < -0.39 is 6.04 Å². The number of hydrogen-bond acceptors (Lipinski definition) is 4. The molecule has 1 saturated heterocycles. The molecule has 178 valence electrons. The van der Waals surface area contributed by atoms with E-state index in [1.807, 2.05) is 13.8 Å². The Hall–Kier alpha value is -2.57. The second kappa shape index (κ2) is 12.6. The van der Waals surface area contributed by atoms with Crippen LogP contribution in [0, 0.1) is 5.92 Å². The van der Waals surface area contributed by atoms with E-state index in [-0.39, 0.29) is 17.7 Å². The van der Waals surface area contributed by atoms with Crippen LogP contribution in [0.5, 0.6) is 0 Å². The molecule has 0 saturated carbocycles. The lowest BCUT2D eigenvalue weighted by Gasteiger charge is -2.36. The number of halogens is 1. The molecule has 1 aliphatic heterocycles. The zero-order chi connectivity index (χ0) is 23.6. The normalized spacial score (nSPS) is 15.3. The van der Waals surface area contributed by atoms with Gasteiger partial charge in [0, 0.05) is 49.0 Å². The van der Waals surface area contributed by atoms with Crippen molar-refractivity contribution in [2.75, 3.05) is 44.2 Å². The second-order valence-corrected chi connectivity index (χ2v) is 9.30. The van der Waals surface area contributed by atoms with Crippen LogP contribution in [-0.2, 0) is 4.79 Å². The fourth-order valence-corrected chi connectivity index (χ4v) is 4.14. The van der Waals surface area contributed by atoms with E-state index in [0.29, 0.717) is 17.1 Å². The van der Waals surface area contributed by atoms with E-state index in [1.165, 1.54) is 5.69 Å². The largest absolute Gasteiger partial charge is 0.369 e. The smallest absolute Gasteiger partial charge is 0.251 e. The number of unbranched alkanes of at least 4 members (excludes halogenated alkanes) is 1. The molecule has 1 heterocycles. The number of nitrogens with zero attached hydrogens (tertiary/aromatic N) is 2. The second-order valence-electron chi connectivity index (χ2n) is 8.86. The summed E-state index contributed by atoms with van der Waals surface area (Å²) in [5.74, 6) is -0.416. The zero-order valence-electron chi connectivity index (χ0n) is 19.6. The molecule has 2 N–H and O–H groups in total. The molecule has 1 atom stereocenters. The van der Waals surface area contributed by atoms with Crippen LogP contribution in [0.15, 0.2) is 54.6 Å². The van der Waals surface area contributed by atoms with E-state index in [4.69, 9.17) is 11.6 Å². The van der Waals surface area contributed by atoms with Gasteiger partial charge in [0.2, 0.25) is 5.91 Å². The first kappa shape index (κ1) is 25.1. The lowest BCUT2D eigenvalue weighted by molar-refractivity contribution is -0.123. The number of anilines is 1. The van der Waals surface area contributed by atoms with Crippen LogP contribution in [0.3, 0.4) is 0 Å². The van der Waals surface area contributed by atoms with Crippen molar-refractivity contribution in [1.29, 1.82) is 0 Å². The predicted octanol–water partition coefficient (Wildman–Crippen LogP) is 3.81. The number of amides is 2. The van der Waals surface area contributed by atoms with Crippen molar-refractivity contribution >= 4 is 29.1 Å². The fourth-order valence-electron chi connectivity index (χ4n) is 4.01. The average molecular weight is 471 g/mol. The van der Waals surface area contributed by atoms with Gasteiger partial charge in [0.15, 0.2) is 0 Å². The van der Waals surface area contributed by atoms with Crippen LogP contribution < -0.4 is 15.5 Å². The average Bonchev–Trinajstić information content (AvgIpc) is 2.83. The molecule has 2 amide bonds. The Morgan fingerprint density at radius 2 is 1.61 bits per heavy atom. The van der Waals surface area contributed by atoms with Crippen LogP contribution in [0.1, 0.15) is 37.0 Å². The summed E-state index contributed by atoms with van der Waals surface area (Å²) < 4.78 is 0. The molecule has 2 aromatic carbocycles. The highest BCUT2D eigenvalue weighted by Crippen LogP contribution is 2.16. The monoisotopic (exact) mass is 470 g/mol. The maximum atomic E-state index is 12.7. The molecule has 33 heavy (non-hydrogen) atoms. The summed E-state index contributed by atoms with van der Waals surface area (Å²) >= 11 is 5.89. The van der Waals surface area contributed by atoms with E-state index >= 15 is 0 Å². The number of nitrogens with one attached hydrogen (secondary N) is 2. The maximum absolute atomic E-state index is 12.7. The molecule has 6 nitrogen and oxygen atoms in total. The molecule has 0 aliphatic carbocycles. The number of benzene rings is 2. The zero-order valence-corrected chi connectivity index (χ0v) is 20.4. The predicted molar refractivity (Wildman–Crippen MR) is 135 cm³/mol. The van der Waals surface area contributed by atoms with Gasteiger partial charge in [-0.05, 0) is 61.7 Å². The van der Waals surface area contributed by atoms with E-state index in [1.54, 1.807) is 24.3 Å². The molecular weight excluding hydrogens is 436 g/mol. The Morgan fingerprint density at radius 3 is 2.24 bits per heavy atom. The molecule has 3 rings (SSSR count). The van der Waals surface area contributed by atoms with E-state index in [9.17, 15) is 9.59 Å². The number of carbonyl (C=O) groups excluding carboxylic acids is 2. The fraction of sp³-hybridized carbons (Fsp3) is 0.462. The summed E-state index contributed by atoms with van der Waals surface area (Å²) in [5.41, 5.74) is 1.79. The standard InChI is InChI=1S/C26H35ClN4O2/c1-20(2)24(29-25(32)21-10-12-22(27)13-11-21)26(33)28-14-6-7-15-30-16-18-31(19-17-30)23-8-4-3-5-9-23/h3-5,8-13,20,24H,6-7,14-19H2,1-2H3,(H,28,33)(H,29,32). The maximum Gasteiger partial charge on any atom is 0.251 e. The summed E-state index contributed by atoms with van der Waals surface area (Å²) in [6.07, 6.45) is 1.95. The molecule has 1 unspecified atom stereocenters. The van der Waals surface area contributed by atoms with Crippen molar-refractivity contribution in [2.24, 2.45) is 5.92 Å². The lowest BCUT2D eigenvalue weighted by atomic mass is 10.0. The SMILES string of the molecule is CC(C)C(NC(=O)c1ccc(Cl)cc1)C(=O)NCCCCN1CCN(c2ccccc2)CC1. The van der Waals surface area contributed by atoms with Gasteiger partial charge < -0.3 is 15.5 Å². The first-order valence-corrected chi connectivity index (χ1v) is 12.2. The minimum atomic E-state index is -0.570. The number of piperazine rings is 1. The third-order valence-electron chi connectivity index (χ3n) is 6.04. The Balaban J connectivity index is 1.34. The number of hydrogen-bond donors (Lipinski definition) is 2. The minimum absolute atomic E-state index is 0.0119. The van der Waals surface area contributed by atoms with Gasteiger partial charge in [-0.25, -0.2) is 0 Å². The van der Waals surface area contributed by atoms with E-state index in [2.05, 4.69) is 50.8 Å². The first-order valence-electron chi connectivity index (χ1n) is 11.8. The summed E-state index contributed by atoms with van der Waals surface area (Å²) in [5, 5.41) is 6.42. The number of carbonyl (C=O) groups is 2. The van der Waals surface area contributed by atoms with Crippen molar-refractivity contribution < 1.29 is 9.59 Å². The van der Waals surface area contributed by atoms with Crippen LogP contribution in [0.2, 0.25) is 5.02 Å². The summed E-state index contributed by atoms with van der Waals surface area (Å²) in [7, 11) is 0. The highest BCUT2D eigenvalue weighted by molar-refractivity contribution is 6.30. The van der Waals surface area contributed by atoms with Gasteiger partial charge in [0.1, 0.15) is 6.04 Å². The molecule has 7 heteroatoms. The molecule has 0 radical (unpaired) electrons. The van der Waals surface area contributed by atoms with Gasteiger partial charge in [-0.2, -0.15) is 0 Å². The molecule has 1 fully saturated rings. The summed E-state index contributed by atoms with van der Waals surface area (Å²) in [4.78, 5) is 30.1. The molecular formula is C26H35ClN4O2. The molecule has 1 aliphatic rings. The first-order chi connectivity index (χ1) is 15.9. The topological polar surface area (TPSA) is 64.7 Å². The Bertz CT molecular complexity index is 881. The van der Waals surface area contributed by atoms with Gasteiger partial charge in [-0.3, -0.25) is 14.5 Å². The molecule has 0 bridgehead atoms. The minimum Gasteiger partial charge on any atom is -0.369 e. The van der Waals surface area contributed by atoms with Gasteiger partial charge in [0.05, 0.1) is 0 Å². The molecule has 0 aromatic heterocycles. The highest BCUT2D eigenvalue weighted by atomic mass is 35.5. The number of rotatable bonds is 10. The van der Waals surface area contributed by atoms with Crippen LogP contribution in [0.4, 0.5) is 5.69 Å². The number of para-hydroxylation sites is 1. The Kier molecular flexibility index (Phi) is 9.58. The Labute approximate surface area is 202 Å². The van der Waals surface area contributed by atoms with Gasteiger partial charge >= 0.3 is 0 Å². The van der Waals surface area contributed by atoms with Crippen LogP contribution in [-0.4, -0.2) is 62.0 Å². The molecule has 2 aromatic rings.